The first-order valence-corrected chi connectivity index (χ1v) is 10.5. The standard InChI is InChI=1S/C21H35Br/c1-20(19-22)15-11-8-6-4-2-3-5-7-9-12-16-21-17-13-10-14-18-21/h10,13-14,17-18,20H,2-9,11-12,15-16,19H2,1H3. The lowest BCUT2D eigenvalue weighted by atomic mass is 10.0. The second-order valence-corrected chi connectivity index (χ2v) is 7.47. The summed E-state index contributed by atoms with van der Waals surface area (Å²) in [5, 5.41) is 1.16. The van der Waals surface area contributed by atoms with Gasteiger partial charge in [-0.1, -0.05) is 111 Å². The van der Waals surface area contributed by atoms with Gasteiger partial charge in [0.15, 0.2) is 0 Å². The van der Waals surface area contributed by atoms with Crippen molar-refractivity contribution in [2.24, 2.45) is 5.92 Å². The van der Waals surface area contributed by atoms with Gasteiger partial charge in [-0.15, -0.1) is 0 Å². The average Bonchev–Trinajstić information content (AvgIpc) is 2.56. The van der Waals surface area contributed by atoms with Crippen LogP contribution in [0.1, 0.15) is 83.1 Å². The highest BCUT2D eigenvalue weighted by Crippen LogP contribution is 2.15. The number of unbranched alkanes of at least 4 members (excludes halogenated alkanes) is 9. The Bertz CT molecular complexity index is 333. The summed E-state index contributed by atoms with van der Waals surface area (Å²) in [6.45, 7) is 2.34. The van der Waals surface area contributed by atoms with E-state index in [9.17, 15) is 0 Å². The second-order valence-electron chi connectivity index (χ2n) is 6.82. The lowest BCUT2D eigenvalue weighted by Crippen LogP contribution is -1.94. The van der Waals surface area contributed by atoms with Gasteiger partial charge in [0.2, 0.25) is 0 Å². The van der Waals surface area contributed by atoms with Gasteiger partial charge in [0, 0.05) is 5.33 Å². The van der Waals surface area contributed by atoms with Gasteiger partial charge in [-0.05, 0) is 30.7 Å². The highest BCUT2D eigenvalue weighted by molar-refractivity contribution is 9.09. The first-order chi connectivity index (χ1) is 10.8. The molecule has 1 atom stereocenters. The van der Waals surface area contributed by atoms with Crippen molar-refractivity contribution >= 4 is 15.9 Å². The van der Waals surface area contributed by atoms with Crippen LogP contribution >= 0.6 is 15.9 Å². The maximum Gasteiger partial charge on any atom is 0.00570 e. The monoisotopic (exact) mass is 366 g/mol. The Balaban J connectivity index is 1.77. The molecule has 22 heavy (non-hydrogen) atoms. The number of aryl methyl sites for hydroxylation is 1. The molecule has 1 rings (SSSR count). The Labute approximate surface area is 147 Å². The van der Waals surface area contributed by atoms with Crippen LogP contribution in [0.15, 0.2) is 30.3 Å². The molecule has 0 aliphatic heterocycles. The van der Waals surface area contributed by atoms with Gasteiger partial charge in [0.05, 0.1) is 0 Å². The topological polar surface area (TPSA) is 0 Å². The Morgan fingerprint density at radius 1 is 0.727 bits per heavy atom. The Morgan fingerprint density at radius 3 is 1.77 bits per heavy atom. The third-order valence-corrected chi connectivity index (χ3v) is 5.62. The minimum atomic E-state index is 0.857. The third kappa shape index (κ3) is 11.3. The molecule has 126 valence electrons. The Morgan fingerprint density at radius 2 is 1.23 bits per heavy atom. The normalized spacial score (nSPS) is 12.5. The molecular formula is C21H35Br. The molecule has 0 N–H and O–H groups in total. The maximum atomic E-state index is 3.56. The van der Waals surface area contributed by atoms with Gasteiger partial charge < -0.3 is 0 Å². The highest BCUT2D eigenvalue weighted by atomic mass is 79.9. The van der Waals surface area contributed by atoms with E-state index in [1.165, 1.54) is 82.6 Å². The minimum Gasteiger partial charge on any atom is -0.0925 e. The zero-order chi connectivity index (χ0) is 15.9. The van der Waals surface area contributed by atoms with Crippen LogP contribution in [0.2, 0.25) is 0 Å². The van der Waals surface area contributed by atoms with E-state index in [-0.39, 0.29) is 0 Å². The molecule has 0 amide bonds. The van der Waals surface area contributed by atoms with Crippen molar-refractivity contribution in [1.29, 1.82) is 0 Å². The molecule has 1 aromatic carbocycles. The van der Waals surface area contributed by atoms with Crippen molar-refractivity contribution in [3.05, 3.63) is 35.9 Å². The van der Waals surface area contributed by atoms with E-state index in [4.69, 9.17) is 0 Å². The number of rotatable bonds is 14. The molecule has 0 fully saturated rings. The fourth-order valence-corrected chi connectivity index (χ4v) is 3.28. The molecule has 0 bridgehead atoms. The molecule has 0 nitrogen and oxygen atoms in total. The first kappa shape index (κ1) is 19.7. The Hall–Kier alpha value is -0.300. The largest absolute Gasteiger partial charge is 0.0925 e. The SMILES string of the molecule is CC(CBr)CCCCCCCCCCCCc1ccccc1. The summed E-state index contributed by atoms with van der Waals surface area (Å²) < 4.78 is 0. The lowest BCUT2D eigenvalue weighted by molar-refractivity contribution is 0.510. The molecule has 1 aromatic rings. The van der Waals surface area contributed by atoms with Crippen molar-refractivity contribution in [2.45, 2.75) is 84.0 Å². The van der Waals surface area contributed by atoms with Gasteiger partial charge in [-0.25, -0.2) is 0 Å². The molecule has 0 saturated heterocycles. The fourth-order valence-electron chi connectivity index (χ4n) is 2.96. The van der Waals surface area contributed by atoms with Crippen LogP contribution in [-0.2, 0) is 6.42 Å². The van der Waals surface area contributed by atoms with E-state index < -0.39 is 0 Å². The molecule has 0 aliphatic carbocycles. The highest BCUT2D eigenvalue weighted by Gasteiger charge is 1.99. The van der Waals surface area contributed by atoms with E-state index >= 15 is 0 Å². The molecule has 0 spiro atoms. The smallest absolute Gasteiger partial charge is 0.00570 e. The molecule has 0 heterocycles. The quantitative estimate of drug-likeness (QED) is 0.235. The van der Waals surface area contributed by atoms with Gasteiger partial charge in [0.25, 0.3) is 0 Å². The van der Waals surface area contributed by atoms with Gasteiger partial charge in [0.1, 0.15) is 0 Å². The van der Waals surface area contributed by atoms with Crippen molar-refractivity contribution in [2.75, 3.05) is 5.33 Å². The van der Waals surface area contributed by atoms with Crippen LogP contribution in [0.25, 0.3) is 0 Å². The van der Waals surface area contributed by atoms with E-state index in [0.717, 1.165) is 11.2 Å². The number of halogens is 1. The number of alkyl halides is 1. The van der Waals surface area contributed by atoms with Crippen LogP contribution in [0, 0.1) is 5.92 Å². The molecule has 1 unspecified atom stereocenters. The fraction of sp³-hybridized carbons (Fsp3) is 0.714. The van der Waals surface area contributed by atoms with Crippen LogP contribution in [0.3, 0.4) is 0 Å². The summed E-state index contributed by atoms with van der Waals surface area (Å²) in [5.41, 5.74) is 1.50. The molecule has 0 saturated carbocycles. The van der Waals surface area contributed by atoms with Crippen molar-refractivity contribution in [1.82, 2.24) is 0 Å². The summed E-state index contributed by atoms with van der Waals surface area (Å²) >= 11 is 3.56. The summed E-state index contributed by atoms with van der Waals surface area (Å²) in [4.78, 5) is 0. The Kier molecular flexibility index (Phi) is 12.8. The molecular weight excluding hydrogens is 332 g/mol. The zero-order valence-corrected chi connectivity index (χ0v) is 16.1. The van der Waals surface area contributed by atoms with Crippen molar-refractivity contribution in [3.63, 3.8) is 0 Å². The number of benzene rings is 1. The summed E-state index contributed by atoms with van der Waals surface area (Å²) in [5.74, 6) is 0.857. The lowest BCUT2D eigenvalue weighted by Gasteiger charge is -2.06. The predicted molar refractivity (Wildman–Crippen MR) is 104 cm³/mol. The van der Waals surface area contributed by atoms with E-state index in [1.807, 2.05) is 0 Å². The molecule has 0 aliphatic rings. The number of hydrogen-bond donors (Lipinski definition) is 0. The minimum absolute atomic E-state index is 0.857. The van der Waals surface area contributed by atoms with Crippen LogP contribution < -0.4 is 0 Å². The zero-order valence-electron chi connectivity index (χ0n) is 14.5. The maximum absolute atomic E-state index is 3.56. The van der Waals surface area contributed by atoms with Crippen LogP contribution in [0.4, 0.5) is 0 Å². The molecule has 0 radical (unpaired) electrons. The van der Waals surface area contributed by atoms with Crippen LogP contribution in [0.5, 0.6) is 0 Å². The summed E-state index contributed by atoms with van der Waals surface area (Å²) in [7, 11) is 0. The third-order valence-electron chi connectivity index (χ3n) is 4.52. The summed E-state index contributed by atoms with van der Waals surface area (Å²) in [6, 6.07) is 10.9. The van der Waals surface area contributed by atoms with Crippen LogP contribution in [-0.4, -0.2) is 5.33 Å². The van der Waals surface area contributed by atoms with Gasteiger partial charge in [-0.2, -0.15) is 0 Å². The predicted octanol–water partition coefficient (Wildman–Crippen LogP) is 7.55. The van der Waals surface area contributed by atoms with Crippen molar-refractivity contribution in [3.8, 4) is 0 Å². The van der Waals surface area contributed by atoms with Gasteiger partial charge >= 0.3 is 0 Å². The number of hydrogen-bond acceptors (Lipinski definition) is 0. The van der Waals surface area contributed by atoms with Crippen molar-refractivity contribution < 1.29 is 0 Å². The van der Waals surface area contributed by atoms with Gasteiger partial charge in [-0.3, -0.25) is 0 Å². The molecule has 0 aromatic heterocycles. The van der Waals surface area contributed by atoms with E-state index in [0.29, 0.717) is 0 Å². The van der Waals surface area contributed by atoms with E-state index in [2.05, 4.69) is 53.2 Å². The first-order valence-electron chi connectivity index (χ1n) is 9.43. The average molecular weight is 367 g/mol. The summed E-state index contributed by atoms with van der Waals surface area (Å²) in [6.07, 6.45) is 16.9. The van der Waals surface area contributed by atoms with E-state index in [1.54, 1.807) is 0 Å². The second kappa shape index (κ2) is 14.3. The molecule has 1 heteroatoms.